The largest absolute Gasteiger partial charge is 0.480 e. The number of aliphatic carboxylic acids is 1. The van der Waals surface area contributed by atoms with E-state index in [0.29, 0.717) is 12.8 Å². The summed E-state index contributed by atoms with van der Waals surface area (Å²) >= 11 is 0. The molecule has 2 aromatic rings. The summed E-state index contributed by atoms with van der Waals surface area (Å²) in [5, 5.41) is 14.6. The second kappa shape index (κ2) is 10.7. The van der Waals surface area contributed by atoms with Gasteiger partial charge in [-0.2, -0.15) is 0 Å². The van der Waals surface area contributed by atoms with E-state index in [1.165, 1.54) is 0 Å². The molecule has 1 aliphatic carbocycles. The molecule has 0 radical (unpaired) electrons. The summed E-state index contributed by atoms with van der Waals surface area (Å²) in [4.78, 5) is 36.2. The minimum absolute atomic E-state index is 0.0304. The van der Waals surface area contributed by atoms with Crippen molar-refractivity contribution >= 4 is 18.0 Å². The molecule has 3 rings (SSSR count). The molecular formula is C27H34N2O5. The summed E-state index contributed by atoms with van der Waals surface area (Å²) in [6.45, 7) is 7.94. The van der Waals surface area contributed by atoms with Gasteiger partial charge in [0, 0.05) is 18.4 Å². The number of carbonyl (C=O) groups is 3. The normalized spacial score (nSPS) is 14.5. The van der Waals surface area contributed by atoms with Crippen LogP contribution in [0.1, 0.15) is 64.0 Å². The first-order valence-corrected chi connectivity index (χ1v) is 11.7. The van der Waals surface area contributed by atoms with E-state index < -0.39 is 30.1 Å². The highest BCUT2D eigenvalue weighted by Crippen LogP contribution is 2.44. The van der Waals surface area contributed by atoms with Gasteiger partial charge in [-0.15, -0.1) is 0 Å². The molecular weight excluding hydrogens is 432 g/mol. The Morgan fingerprint density at radius 2 is 1.53 bits per heavy atom. The number of fused-ring (bicyclic) bond motifs is 3. The van der Waals surface area contributed by atoms with E-state index in [4.69, 9.17) is 4.74 Å². The van der Waals surface area contributed by atoms with Crippen LogP contribution in [0.15, 0.2) is 48.5 Å². The molecule has 0 saturated heterocycles. The zero-order valence-electron chi connectivity index (χ0n) is 20.3. The van der Waals surface area contributed by atoms with Gasteiger partial charge in [0.1, 0.15) is 12.6 Å². The summed E-state index contributed by atoms with van der Waals surface area (Å²) in [5.41, 5.74) is 4.52. The number of ether oxygens (including phenoxy) is 1. The Morgan fingerprint density at radius 3 is 2.06 bits per heavy atom. The van der Waals surface area contributed by atoms with Crippen molar-refractivity contribution in [1.29, 1.82) is 0 Å². The minimum Gasteiger partial charge on any atom is -0.480 e. The van der Waals surface area contributed by atoms with Crippen LogP contribution in [-0.2, 0) is 14.3 Å². The number of benzene rings is 2. The van der Waals surface area contributed by atoms with Crippen LogP contribution in [0.5, 0.6) is 0 Å². The highest BCUT2D eigenvalue weighted by molar-refractivity contribution is 5.84. The summed E-state index contributed by atoms with van der Waals surface area (Å²) in [5.74, 6) is -1.53. The Bertz CT molecular complexity index is 998. The first-order valence-electron chi connectivity index (χ1n) is 11.7. The highest BCUT2D eigenvalue weighted by atomic mass is 16.5. The number of hydrogen-bond acceptors (Lipinski definition) is 4. The molecule has 0 saturated carbocycles. The average molecular weight is 467 g/mol. The van der Waals surface area contributed by atoms with E-state index in [1.54, 1.807) is 6.92 Å². The molecule has 0 bridgehead atoms. The van der Waals surface area contributed by atoms with Crippen LogP contribution in [0, 0.1) is 5.41 Å². The maximum absolute atomic E-state index is 12.4. The van der Waals surface area contributed by atoms with Gasteiger partial charge in [0.2, 0.25) is 5.91 Å². The number of alkyl carbamates (subject to hydrolysis) is 1. The monoisotopic (exact) mass is 466 g/mol. The van der Waals surface area contributed by atoms with Gasteiger partial charge in [-0.05, 0) is 47.4 Å². The van der Waals surface area contributed by atoms with E-state index in [-0.39, 0.29) is 24.4 Å². The number of hydrogen-bond donors (Lipinski definition) is 3. The van der Waals surface area contributed by atoms with Crippen molar-refractivity contribution in [3.05, 3.63) is 59.7 Å². The van der Waals surface area contributed by atoms with Gasteiger partial charge >= 0.3 is 12.1 Å². The fourth-order valence-electron chi connectivity index (χ4n) is 4.26. The smallest absolute Gasteiger partial charge is 0.407 e. The van der Waals surface area contributed by atoms with Crippen molar-refractivity contribution in [2.24, 2.45) is 5.41 Å². The van der Waals surface area contributed by atoms with Crippen molar-refractivity contribution in [3.63, 3.8) is 0 Å². The molecule has 0 aromatic heterocycles. The Kier molecular flexibility index (Phi) is 7.97. The van der Waals surface area contributed by atoms with Crippen LogP contribution in [-0.4, -0.2) is 41.8 Å². The fourth-order valence-corrected chi connectivity index (χ4v) is 4.26. The molecule has 1 aliphatic rings. The van der Waals surface area contributed by atoms with Crippen LogP contribution in [0.25, 0.3) is 11.1 Å². The van der Waals surface area contributed by atoms with Gasteiger partial charge in [-0.1, -0.05) is 69.3 Å². The van der Waals surface area contributed by atoms with E-state index >= 15 is 0 Å². The zero-order chi connectivity index (χ0) is 24.9. The maximum atomic E-state index is 12.4. The lowest BCUT2D eigenvalue weighted by Crippen LogP contribution is -2.44. The van der Waals surface area contributed by atoms with Gasteiger partial charge in [-0.25, -0.2) is 9.59 Å². The summed E-state index contributed by atoms with van der Waals surface area (Å²) < 4.78 is 5.51. The van der Waals surface area contributed by atoms with Gasteiger partial charge in [0.25, 0.3) is 0 Å². The Morgan fingerprint density at radius 1 is 0.971 bits per heavy atom. The predicted octanol–water partition coefficient (Wildman–Crippen LogP) is 4.70. The Hall–Kier alpha value is -3.35. The van der Waals surface area contributed by atoms with E-state index in [2.05, 4.69) is 22.8 Å². The summed E-state index contributed by atoms with van der Waals surface area (Å²) in [6, 6.07) is 14.7. The predicted molar refractivity (Wildman–Crippen MR) is 131 cm³/mol. The lowest BCUT2D eigenvalue weighted by atomic mass is 9.88. The number of rotatable bonds is 9. The molecule has 0 fully saturated rings. The third kappa shape index (κ3) is 6.59. The lowest BCUT2D eigenvalue weighted by molar-refractivity contribution is -0.142. The number of amides is 2. The van der Waals surface area contributed by atoms with Crippen LogP contribution >= 0.6 is 0 Å². The zero-order valence-corrected chi connectivity index (χ0v) is 20.3. The molecule has 1 unspecified atom stereocenters. The highest BCUT2D eigenvalue weighted by Gasteiger charge is 2.29. The van der Waals surface area contributed by atoms with E-state index in [9.17, 15) is 19.5 Å². The number of carboxylic acid groups (broad SMARTS) is 1. The van der Waals surface area contributed by atoms with Gasteiger partial charge in [-0.3, -0.25) is 4.79 Å². The maximum Gasteiger partial charge on any atom is 0.407 e. The molecule has 7 heteroatoms. The summed E-state index contributed by atoms with van der Waals surface area (Å²) in [6.07, 6.45) is 0.365. The lowest BCUT2D eigenvalue weighted by Gasteiger charge is -2.22. The van der Waals surface area contributed by atoms with Gasteiger partial charge in [0.05, 0.1) is 0 Å². The molecule has 2 amide bonds. The molecule has 2 atom stereocenters. The molecule has 34 heavy (non-hydrogen) atoms. The molecule has 0 spiro atoms. The fraction of sp³-hybridized carbons (Fsp3) is 0.444. The van der Waals surface area contributed by atoms with Crippen molar-refractivity contribution in [3.8, 4) is 11.1 Å². The van der Waals surface area contributed by atoms with Crippen molar-refractivity contribution in [1.82, 2.24) is 10.6 Å². The number of carbonyl (C=O) groups excluding carboxylic acids is 2. The second-order valence-electron chi connectivity index (χ2n) is 10.1. The number of carboxylic acids is 1. The Balaban J connectivity index is 1.50. The van der Waals surface area contributed by atoms with Crippen molar-refractivity contribution < 1.29 is 24.2 Å². The second-order valence-corrected chi connectivity index (χ2v) is 10.1. The van der Waals surface area contributed by atoms with Crippen LogP contribution in [0.3, 0.4) is 0 Å². The number of nitrogens with one attached hydrogen (secondary N) is 2. The molecule has 0 aliphatic heterocycles. The third-order valence-corrected chi connectivity index (χ3v) is 6.02. The Labute approximate surface area is 200 Å². The first kappa shape index (κ1) is 25.3. The minimum atomic E-state index is -1.06. The van der Waals surface area contributed by atoms with E-state index in [0.717, 1.165) is 22.3 Å². The van der Waals surface area contributed by atoms with Gasteiger partial charge < -0.3 is 20.5 Å². The van der Waals surface area contributed by atoms with Crippen molar-refractivity contribution in [2.45, 2.75) is 65.0 Å². The molecule has 3 N–H and O–H groups in total. The van der Waals surface area contributed by atoms with Crippen LogP contribution in [0.4, 0.5) is 4.79 Å². The standard InChI is InChI=1S/C27H34N2O5/c1-17(15-24(30)29-23(25(31)32)13-14-27(2,3)4)28-26(33)34-16-22-20-11-7-5-9-18(20)19-10-6-8-12-21(19)22/h5-12,17,22-23H,13-16H2,1-4H3,(H,28,33)(H,29,30)(H,31,32)/t17-,23?/m0/s1. The molecule has 182 valence electrons. The molecule has 2 aromatic carbocycles. The average Bonchev–Trinajstić information content (AvgIpc) is 3.08. The van der Waals surface area contributed by atoms with Crippen molar-refractivity contribution in [2.75, 3.05) is 6.61 Å². The first-order chi connectivity index (χ1) is 16.0. The molecule has 0 heterocycles. The van der Waals surface area contributed by atoms with Crippen LogP contribution in [0.2, 0.25) is 0 Å². The van der Waals surface area contributed by atoms with Gasteiger partial charge in [0.15, 0.2) is 0 Å². The third-order valence-electron chi connectivity index (χ3n) is 6.02. The summed E-state index contributed by atoms with van der Waals surface area (Å²) in [7, 11) is 0. The topological polar surface area (TPSA) is 105 Å². The molecule has 7 nitrogen and oxygen atoms in total. The van der Waals surface area contributed by atoms with E-state index in [1.807, 2.05) is 57.2 Å². The quantitative estimate of drug-likeness (QED) is 0.497. The van der Waals surface area contributed by atoms with Crippen LogP contribution < -0.4 is 10.6 Å². The SMILES string of the molecule is C[C@@H](CC(=O)NC(CCC(C)(C)C)C(=O)O)NC(=O)OCC1c2ccccc2-c2ccccc21.